The molecule has 0 fully saturated rings. The van der Waals surface area contributed by atoms with E-state index in [-0.39, 0.29) is 0 Å². The van der Waals surface area contributed by atoms with E-state index in [0.29, 0.717) is 27.3 Å². The summed E-state index contributed by atoms with van der Waals surface area (Å²) in [4.78, 5) is 0. The second-order valence-corrected chi connectivity index (χ2v) is 6.06. The highest BCUT2D eigenvalue weighted by Gasteiger charge is 2.15. The fraction of sp³-hybridized carbons (Fsp3) is 0.0625. The minimum absolute atomic E-state index is 0.506. The lowest BCUT2D eigenvalue weighted by Crippen LogP contribution is -2.11. The van der Waals surface area contributed by atoms with Crippen molar-refractivity contribution in [3.8, 4) is 17.5 Å². The summed E-state index contributed by atoms with van der Waals surface area (Å²) >= 11 is 7.59. The minimum Gasteiger partial charge on any atom is -0.335 e. The molecular weight excluding hydrogens is 330 g/mol. The summed E-state index contributed by atoms with van der Waals surface area (Å²) in [6.07, 6.45) is 0. The summed E-state index contributed by atoms with van der Waals surface area (Å²) in [6.45, 7) is 0. The molecule has 0 saturated heterocycles. The van der Waals surface area contributed by atoms with Crippen LogP contribution < -0.4 is 5.84 Å². The number of nitriles is 1. The molecule has 3 aromatic rings. The van der Waals surface area contributed by atoms with Gasteiger partial charge in [0.15, 0.2) is 5.82 Å². The van der Waals surface area contributed by atoms with Gasteiger partial charge >= 0.3 is 0 Å². The van der Waals surface area contributed by atoms with Crippen LogP contribution >= 0.6 is 23.4 Å². The molecule has 1 heterocycles. The Morgan fingerprint density at radius 2 is 1.87 bits per heavy atom. The van der Waals surface area contributed by atoms with Crippen LogP contribution in [-0.2, 0) is 5.75 Å². The molecule has 0 bridgehead atoms. The van der Waals surface area contributed by atoms with E-state index >= 15 is 0 Å². The Balaban J connectivity index is 1.83. The van der Waals surface area contributed by atoms with E-state index in [1.807, 2.05) is 36.4 Å². The standard InChI is InChI=1S/C16H12ClN5S/c17-14-8-4-3-7-13(14)15-20-21-16(22(15)19)23-10-12-6-2-1-5-11(12)9-18/h1-8H,10,19H2. The zero-order valence-corrected chi connectivity index (χ0v) is 13.6. The molecular formula is C16H12ClN5S. The predicted octanol–water partition coefficient (Wildman–Crippen LogP) is 3.48. The molecule has 3 rings (SSSR count). The van der Waals surface area contributed by atoms with E-state index in [1.165, 1.54) is 16.4 Å². The Labute approximate surface area is 142 Å². The first-order valence-electron chi connectivity index (χ1n) is 6.77. The van der Waals surface area contributed by atoms with Gasteiger partial charge in [-0.1, -0.05) is 53.7 Å². The van der Waals surface area contributed by atoms with Crippen molar-refractivity contribution in [1.82, 2.24) is 14.9 Å². The molecule has 0 unspecified atom stereocenters. The van der Waals surface area contributed by atoms with Gasteiger partial charge in [0, 0.05) is 11.3 Å². The van der Waals surface area contributed by atoms with Gasteiger partial charge in [-0.05, 0) is 23.8 Å². The number of benzene rings is 2. The molecule has 0 atom stereocenters. The fourth-order valence-corrected chi connectivity index (χ4v) is 3.18. The van der Waals surface area contributed by atoms with Crippen LogP contribution in [0.15, 0.2) is 53.7 Å². The van der Waals surface area contributed by atoms with Crippen LogP contribution in [0.3, 0.4) is 0 Å². The highest BCUT2D eigenvalue weighted by Crippen LogP contribution is 2.29. The van der Waals surface area contributed by atoms with Crippen LogP contribution in [0.25, 0.3) is 11.4 Å². The second-order valence-electron chi connectivity index (χ2n) is 4.71. The summed E-state index contributed by atoms with van der Waals surface area (Å²) in [5, 5.41) is 18.5. The van der Waals surface area contributed by atoms with Gasteiger partial charge < -0.3 is 5.84 Å². The maximum absolute atomic E-state index is 9.12. The monoisotopic (exact) mass is 341 g/mol. The number of thioether (sulfide) groups is 1. The maximum Gasteiger partial charge on any atom is 0.210 e. The van der Waals surface area contributed by atoms with E-state index in [1.54, 1.807) is 12.1 Å². The normalized spacial score (nSPS) is 10.4. The lowest BCUT2D eigenvalue weighted by molar-refractivity contribution is 0.849. The molecule has 114 valence electrons. The van der Waals surface area contributed by atoms with Crippen LogP contribution in [0.4, 0.5) is 0 Å². The van der Waals surface area contributed by atoms with Crippen LogP contribution in [0, 0.1) is 11.3 Å². The number of hydrogen-bond acceptors (Lipinski definition) is 5. The minimum atomic E-state index is 0.506. The van der Waals surface area contributed by atoms with Crippen LogP contribution in [0.1, 0.15) is 11.1 Å². The molecule has 5 nitrogen and oxygen atoms in total. The molecule has 0 radical (unpaired) electrons. The van der Waals surface area contributed by atoms with Gasteiger partial charge in [-0.2, -0.15) is 5.26 Å². The fourth-order valence-electron chi connectivity index (χ4n) is 2.10. The highest BCUT2D eigenvalue weighted by atomic mass is 35.5. The van der Waals surface area contributed by atoms with Crippen molar-refractivity contribution in [2.45, 2.75) is 10.9 Å². The van der Waals surface area contributed by atoms with Gasteiger partial charge in [0.2, 0.25) is 5.16 Å². The summed E-state index contributed by atoms with van der Waals surface area (Å²) in [5.41, 5.74) is 2.31. The third-order valence-corrected chi connectivity index (χ3v) is 4.60. The lowest BCUT2D eigenvalue weighted by Gasteiger charge is -2.06. The van der Waals surface area contributed by atoms with Gasteiger partial charge in [0.25, 0.3) is 0 Å². The Hall–Kier alpha value is -2.49. The number of hydrogen-bond donors (Lipinski definition) is 1. The first-order chi connectivity index (χ1) is 11.2. The summed E-state index contributed by atoms with van der Waals surface area (Å²) in [7, 11) is 0. The molecule has 0 aliphatic carbocycles. The Morgan fingerprint density at radius 3 is 2.65 bits per heavy atom. The van der Waals surface area contributed by atoms with Gasteiger partial charge in [0.05, 0.1) is 16.7 Å². The zero-order chi connectivity index (χ0) is 16.2. The van der Waals surface area contributed by atoms with Crippen molar-refractivity contribution in [3.05, 3.63) is 64.7 Å². The van der Waals surface area contributed by atoms with Gasteiger partial charge in [-0.3, -0.25) is 0 Å². The quantitative estimate of drug-likeness (QED) is 0.580. The molecule has 23 heavy (non-hydrogen) atoms. The molecule has 0 aliphatic rings. The van der Waals surface area contributed by atoms with Gasteiger partial charge in [-0.15, -0.1) is 10.2 Å². The number of nitrogen functional groups attached to an aromatic ring is 1. The average Bonchev–Trinajstić information content (AvgIpc) is 2.94. The third kappa shape index (κ3) is 3.16. The average molecular weight is 342 g/mol. The largest absolute Gasteiger partial charge is 0.335 e. The number of aromatic nitrogens is 3. The Kier molecular flexibility index (Phi) is 4.51. The molecule has 1 aromatic heterocycles. The van der Waals surface area contributed by atoms with Crippen LogP contribution in [0.2, 0.25) is 5.02 Å². The predicted molar refractivity (Wildman–Crippen MR) is 91.3 cm³/mol. The Morgan fingerprint density at radius 1 is 1.13 bits per heavy atom. The first-order valence-corrected chi connectivity index (χ1v) is 8.13. The van der Waals surface area contributed by atoms with Crippen molar-refractivity contribution in [3.63, 3.8) is 0 Å². The topological polar surface area (TPSA) is 80.5 Å². The number of halogens is 1. The summed E-state index contributed by atoms with van der Waals surface area (Å²) < 4.78 is 1.42. The molecule has 0 saturated carbocycles. The molecule has 0 spiro atoms. The summed E-state index contributed by atoms with van der Waals surface area (Å²) in [5.74, 6) is 7.18. The second kappa shape index (κ2) is 6.73. The van der Waals surface area contributed by atoms with Crippen LogP contribution in [-0.4, -0.2) is 14.9 Å². The molecule has 0 amide bonds. The van der Waals surface area contributed by atoms with Crippen molar-refractivity contribution in [2.24, 2.45) is 0 Å². The van der Waals surface area contributed by atoms with Gasteiger partial charge in [0.1, 0.15) is 0 Å². The maximum atomic E-state index is 9.12. The molecule has 2 N–H and O–H groups in total. The zero-order valence-electron chi connectivity index (χ0n) is 12.0. The highest BCUT2D eigenvalue weighted by molar-refractivity contribution is 7.98. The van der Waals surface area contributed by atoms with Gasteiger partial charge in [-0.25, -0.2) is 4.68 Å². The van der Waals surface area contributed by atoms with E-state index in [0.717, 1.165) is 11.1 Å². The van der Waals surface area contributed by atoms with E-state index < -0.39 is 0 Å². The van der Waals surface area contributed by atoms with Crippen molar-refractivity contribution in [1.29, 1.82) is 5.26 Å². The first kappa shape index (κ1) is 15.4. The number of nitrogens with two attached hydrogens (primary N) is 1. The summed E-state index contributed by atoms with van der Waals surface area (Å²) in [6, 6.07) is 17.0. The third-order valence-electron chi connectivity index (χ3n) is 3.27. The van der Waals surface area contributed by atoms with E-state index in [2.05, 4.69) is 16.3 Å². The molecule has 0 aliphatic heterocycles. The van der Waals surface area contributed by atoms with Crippen molar-refractivity contribution >= 4 is 23.4 Å². The molecule has 2 aromatic carbocycles. The Bertz CT molecular complexity index is 884. The van der Waals surface area contributed by atoms with Crippen molar-refractivity contribution in [2.75, 3.05) is 5.84 Å². The number of nitrogens with zero attached hydrogens (tertiary/aromatic N) is 4. The molecule has 7 heteroatoms. The van der Waals surface area contributed by atoms with Crippen molar-refractivity contribution < 1.29 is 0 Å². The smallest absolute Gasteiger partial charge is 0.210 e. The SMILES string of the molecule is N#Cc1ccccc1CSc1nnc(-c2ccccc2Cl)n1N. The van der Waals surface area contributed by atoms with Crippen LogP contribution in [0.5, 0.6) is 0 Å². The van der Waals surface area contributed by atoms with E-state index in [9.17, 15) is 0 Å². The number of rotatable bonds is 4. The van der Waals surface area contributed by atoms with E-state index in [4.69, 9.17) is 22.7 Å². The lowest BCUT2D eigenvalue weighted by atomic mass is 10.1.